The van der Waals surface area contributed by atoms with E-state index in [0.29, 0.717) is 0 Å². The van der Waals surface area contributed by atoms with Crippen LogP contribution in [0.2, 0.25) is 0 Å². The van der Waals surface area contributed by atoms with Crippen LogP contribution in [-0.2, 0) is 6.42 Å². The molecular formula is C10H16BrNS. The molecule has 0 unspecified atom stereocenters. The number of nitrogens with zero attached hydrogens (tertiary/aromatic N) is 1. The molecule has 0 saturated carbocycles. The van der Waals surface area contributed by atoms with Gasteiger partial charge in [0, 0.05) is 16.4 Å². The highest BCUT2D eigenvalue weighted by Crippen LogP contribution is 2.16. The van der Waals surface area contributed by atoms with Gasteiger partial charge in [0.15, 0.2) is 0 Å². The van der Waals surface area contributed by atoms with Gasteiger partial charge in [0.2, 0.25) is 0 Å². The number of aromatic nitrogens is 1. The molecule has 0 aliphatic rings. The summed E-state index contributed by atoms with van der Waals surface area (Å²) in [7, 11) is 0. The van der Waals surface area contributed by atoms with Gasteiger partial charge in [0.1, 0.15) is 0 Å². The van der Waals surface area contributed by atoms with Crippen molar-refractivity contribution >= 4 is 27.5 Å². The molecule has 0 saturated heterocycles. The van der Waals surface area contributed by atoms with Gasteiger partial charge in [-0.3, -0.25) is 0 Å². The van der Waals surface area contributed by atoms with Crippen LogP contribution in [0, 0.1) is 6.92 Å². The third-order valence-electron chi connectivity index (χ3n) is 2.14. The van der Waals surface area contributed by atoms with Crippen molar-refractivity contribution in [1.82, 2.24) is 4.37 Å². The molecule has 0 aliphatic carbocycles. The van der Waals surface area contributed by atoms with Gasteiger partial charge in [-0.05, 0) is 43.3 Å². The molecule has 0 radical (unpaired) electrons. The first-order chi connectivity index (χ1) is 6.34. The van der Waals surface area contributed by atoms with Crippen LogP contribution >= 0.6 is 27.5 Å². The van der Waals surface area contributed by atoms with Gasteiger partial charge in [0.25, 0.3) is 0 Å². The van der Waals surface area contributed by atoms with Gasteiger partial charge in [-0.1, -0.05) is 28.8 Å². The maximum Gasteiger partial charge on any atom is 0.0438 e. The van der Waals surface area contributed by atoms with Crippen LogP contribution in [0.3, 0.4) is 0 Å². The highest BCUT2D eigenvalue weighted by atomic mass is 79.9. The Morgan fingerprint density at radius 1 is 1.31 bits per heavy atom. The smallest absolute Gasteiger partial charge is 0.0438 e. The van der Waals surface area contributed by atoms with Gasteiger partial charge in [0.05, 0.1) is 0 Å². The average Bonchev–Trinajstić information content (AvgIpc) is 2.52. The van der Waals surface area contributed by atoms with E-state index in [1.807, 2.05) is 6.20 Å². The Morgan fingerprint density at radius 2 is 2.08 bits per heavy atom. The van der Waals surface area contributed by atoms with E-state index in [-0.39, 0.29) is 0 Å². The van der Waals surface area contributed by atoms with Gasteiger partial charge < -0.3 is 0 Å². The monoisotopic (exact) mass is 261 g/mol. The highest BCUT2D eigenvalue weighted by molar-refractivity contribution is 9.09. The van der Waals surface area contributed by atoms with E-state index < -0.39 is 0 Å². The first-order valence-electron chi connectivity index (χ1n) is 4.80. The topological polar surface area (TPSA) is 12.9 Å². The van der Waals surface area contributed by atoms with E-state index in [1.54, 1.807) is 11.5 Å². The first kappa shape index (κ1) is 11.2. The van der Waals surface area contributed by atoms with Gasteiger partial charge >= 0.3 is 0 Å². The summed E-state index contributed by atoms with van der Waals surface area (Å²) in [5, 5.41) is 1.15. The number of hydrogen-bond acceptors (Lipinski definition) is 2. The van der Waals surface area contributed by atoms with Crippen molar-refractivity contribution in [2.75, 3.05) is 5.33 Å². The zero-order valence-electron chi connectivity index (χ0n) is 8.05. The van der Waals surface area contributed by atoms with E-state index >= 15 is 0 Å². The van der Waals surface area contributed by atoms with Crippen molar-refractivity contribution in [1.29, 1.82) is 0 Å². The lowest BCUT2D eigenvalue weighted by molar-refractivity contribution is 0.674. The molecule has 0 bridgehead atoms. The molecule has 1 rings (SSSR count). The van der Waals surface area contributed by atoms with Crippen molar-refractivity contribution in [3.05, 3.63) is 16.6 Å². The van der Waals surface area contributed by atoms with E-state index in [1.165, 1.54) is 42.5 Å². The Morgan fingerprint density at radius 3 is 2.69 bits per heavy atom. The number of rotatable bonds is 6. The van der Waals surface area contributed by atoms with Crippen molar-refractivity contribution in [2.45, 2.75) is 39.0 Å². The van der Waals surface area contributed by atoms with Crippen LogP contribution in [0.4, 0.5) is 0 Å². The lowest BCUT2D eigenvalue weighted by Gasteiger charge is -1.98. The molecule has 3 heteroatoms. The van der Waals surface area contributed by atoms with Crippen molar-refractivity contribution < 1.29 is 0 Å². The Labute approximate surface area is 92.9 Å². The maximum absolute atomic E-state index is 4.17. The summed E-state index contributed by atoms with van der Waals surface area (Å²) in [6.45, 7) is 2.15. The fraction of sp³-hybridized carbons (Fsp3) is 0.700. The molecule has 13 heavy (non-hydrogen) atoms. The van der Waals surface area contributed by atoms with Crippen molar-refractivity contribution in [2.24, 2.45) is 0 Å². The molecule has 0 N–H and O–H groups in total. The summed E-state index contributed by atoms with van der Waals surface area (Å²) in [6, 6.07) is 0. The lowest BCUT2D eigenvalue weighted by atomic mass is 10.1. The van der Waals surface area contributed by atoms with E-state index in [0.717, 1.165) is 5.33 Å². The molecule has 0 amide bonds. The molecule has 0 aromatic carbocycles. The molecule has 1 heterocycles. The van der Waals surface area contributed by atoms with Crippen LogP contribution in [-0.4, -0.2) is 9.70 Å². The largest absolute Gasteiger partial charge is 0.201 e. The van der Waals surface area contributed by atoms with Gasteiger partial charge in [-0.15, -0.1) is 0 Å². The Bertz CT molecular complexity index is 235. The number of aryl methyl sites for hydroxylation is 2. The summed E-state index contributed by atoms with van der Waals surface area (Å²) in [4.78, 5) is 1.47. The zero-order chi connectivity index (χ0) is 9.52. The number of alkyl halides is 1. The minimum absolute atomic E-state index is 1.15. The van der Waals surface area contributed by atoms with Gasteiger partial charge in [-0.25, -0.2) is 4.37 Å². The van der Waals surface area contributed by atoms with Crippen molar-refractivity contribution in [3.63, 3.8) is 0 Å². The van der Waals surface area contributed by atoms with Crippen LogP contribution in [0.5, 0.6) is 0 Å². The van der Waals surface area contributed by atoms with E-state index in [2.05, 4.69) is 27.2 Å². The Hall–Kier alpha value is 0.110. The normalized spacial score (nSPS) is 10.6. The molecule has 74 valence electrons. The molecule has 0 aliphatic heterocycles. The number of halogens is 1. The predicted octanol–water partition coefficient (Wildman–Crippen LogP) is 3.95. The summed E-state index contributed by atoms with van der Waals surface area (Å²) >= 11 is 5.10. The summed E-state index contributed by atoms with van der Waals surface area (Å²) in [5.74, 6) is 0. The molecule has 1 aromatic rings. The molecule has 1 aromatic heterocycles. The summed E-state index contributed by atoms with van der Waals surface area (Å²) < 4.78 is 4.17. The maximum atomic E-state index is 4.17. The molecule has 1 nitrogen and oxygen atoms in total. The quantitative estimate of drug-likeness (QED) is 0.558. The molecule has 0 atom stereocenters. The summed E-state index contributed by atoms with van der Waals surface area (Å²) in [5.41, 5.74) is 1.37. The second-order valence-electron chi connectivity index (χ2n) is 3.29. The fourth-order valence-corrected chi connectivity index (χ4v) is 2.46. The summed E-state index contributed by atoms with van der Waals surface area (Å²) in [6.07, 6.45) is 8.51. The second kappa shape index (κ2) is 6.55. The van der Waals surface area contributed by atoms with Crippen LogP contribution < -0.4 is 0 Å². The standard InChI is InChI=1S/C10H16BrNS/c1-9-8-12-13-10(9)6-4-2-3-5-7-11/h8H,2-7H2,1H3. The van der Waals surface area contributed by atoms with Crippen LogP contribution in [0.25, 0.3) is 0 Å². The molecule has 0 fully saturated rings. The average molecular weight is 262 g/mol. The Balaban J connectivity index is 2.10. The highest BCUT2D eigenvalue weighted by Gasteiger charge is 1.99. The third kappa shape index (κ3) is 4.23. The minimum Gasteiger partial charge on any atom is -0.201 e. The molecular weight excluding hydrogens is 246 g/mol. The third-order valence-corrected chi connectivity index (χ3v) is 3.65. The SMILES string of the molecule is Cc1cnsc1CCCCCCBr. The van der Waals surface area contributed by atoms with Crippen molar-refractivity contribution in [3.8, 4) is 0 Å². The predicted molar refractivity (Wildman–Crippen MR) is 62.8 cm³/mol. The van der Waals surface area contributed by atoms with Crippen LogP contribution in [0.1, 0.15) is 36.1 Å². The van der Waals surface area contributed by atoms with E-state index in [9.17, 15) is 0 Å². The van der Waals surface area contributed by atoms with E-state index in [4.69, 9.17) is 0 Å². The fourth-order valence-electron chi connectivity index (χ4n) is 1.29. The zero-order valence-corrected chi connectivity index (χ0v) is 10.5. The minimum atomic E-state index is 1.15. The van der Waals surface area contributed by atoms with Gasteiger partial charge in [-0.2, -0.15) is 0 Å². The molecule has 0 spiro atoms. The first-order valence-corrected chi connectivity index (χ1v) is 6.70. The Kier molecular flexibility index (Phi) is 5.63. The number of unbranched alkanes of at least 4 members (excludes halogenated alkanes) is 3. The van der Waals surface area contributed by atoms with Crippen LogP contribution in [0.15, 0.2) is 6.20 Å². The number of hydrogen-bond donors (Lipinski definition) is 0. The lowest BCUT2D eigenvalue weighted by Crippen LogP contribution is -1.85. The second-order valence-corrected chi connectivity index (χ2v) is 4.96.